The van der Waals surface area contributed by atoms with Crippen LogP contribution in [0.1, 0.15) is 21.5 Å². The minimum Gasteiger partial charge on any atom is -0.493 e. The third-order valence-electron chi connectivity index (χ3n) is 5.13. The van der Waals surface area contributed by atoms with Crippen molar-refractivity contribution in [1.82, 2.24) is 0 Å². The lowest BCUT2D eigenvalue weighted by molar-refractivity contribution is 0.104. The molecule has 0 unspecified atom stereocenters. The molecule has 0 spiro atoms. The summed E-state index contributed by atoms with van der Waals surface area (Å²) in [6.07, 6.45) is 6.70. The molecule has 0 saturated carbocycles. The Morgan fingerprint density at radius 2 is 1.46 bits per heavy atom. The molecule has 0 amide bonds. The van der Waals surface area contributed by atoms with Crippen LogP contribution in [0.3, 0.4) is 0 Å². The van der Waals surface area contributed by atoms with Gasteiger partial charge in [-0.25, -0.2) is 0 Å². The number of hydrogen-bond donors (Lipinski definition) is 2. The van der Waals surface area contributed by atoms with Gasteiger partial charge in [0.2, 0.25) is 5.75 Å². The van der Waals surface area contributed by atoms with E-state index in [1.165, 1.54) is 19.4 Å². The first-order valence-electron chi connectivity index (χ1n) is 10.6. The van der Waals surface area contributed by atoms with Gasteiger partial charge in [-0.3, -0.25) is 4.79 Å². The maximum Gasteiger partial charge on any atom is 0.203 e. The molecule has 0 aromatic heterocycles. The number of allylic oxidation sites excluding steroid dienone is 1. The summed E-state index contributed by atoms with van der Waals surface area (Å²) in [6, 6.07) is 14.2. The fourth-order valence-electron chi connectivity index (χ4n) is 3.43. The van der Waals surface area contributed by atoms with Gasteiger partial charge < -0.3 is 30.0 Å². The van der Waals surface area contributed by atoms with E-state index < -0.39 is 0 Å². The number of halogens is 1. The van der Waals surface area contributed by atoms with Gasteiger partial charge in [-0.1, -0.05) is 35.9 Å². The number of carbonyl (C=O) groups excluding carboxylic acids is 1. The van der Waals surface area contributed by atoms with Crippen molar-refractivity contribution in [3.8, 4) is 23.0 Å². The fraction of sp³-hybridized carbons (Fsp3) is 0.148. The van der Waals surface area contributed by atoms with E-state index in [4.69, 9.17) is 36.3 Å². The van der Waals surface area contributed by atoms with E-state index in [1.807, 2.05) is 30.4 Å². The molecule has 0 fully saturated rings. The molecule has 3 aromatic carbocycles. The van der Waals surface area contributed by atoms with Gasteiger partial charge in [0.1, 0.15) is 0 Å². The lowest BCUT2D eigenvalue weighted by Gasteiger charge is -2.13. The van der Waals surface area contributed by atoms with E-state index >= 15 is 0 Å². The zero-order valence-electron chi connectivity index (χ0n) is 19.9. The number of rotatable bonds is 10. The molecule has 0 atom stereocenters. The summed E-state index contributed by atoms with van der Waals surface area (Å²) in [4.78, 5) is 12.4. The Balaban J connectivity index is 1.86. The second-order valence-electron chi connectivity index (χ2n) is 7.30. The molecule has 3 N–H and O–H groups in total. The number of ketones is 1. The minimum atomic E-state index is -0.223. The fourth-order valence-corrected chi connectivity index (χ4v) is 3.74. The van der Waals surface area contributed by atoms with E-state index in [2.05, 4.69) is 5.32 Å². The average molecular weight is 495 g/mol. The molecule has 0 radical (unpaired) electrons. The number of nitrogens with two attached hydrogens (primary N) is 1. The van der Waals surface area contributed by atoms with E-state index in [9.17, 15) is 4.79 Å². The monoisotopic (exact) mass is 494 g/mol. The molecular weight excluding hydrogens is 468 g/mol. The van der Waals surface area contributed by atoms with Crippen LogP contribution < -0.4 is 30.0 Å². The number of anilines is 2. The van der Waals surface area contributed by atoms with E-state index in [1.54, 1.807) is 51.7 Å². The summed E-state index contributed by atoms with van der Waals surface area (Å²) >= 11 is 6.45. The summed E-state index contributed by atoms with van der Waals surface area (Å²) in [5.41, 5.74) is 8.96. The summed E-state index contributed by atoms with van der Waals surface area (Å²) in [6.45, 7) is 0. The third kappa shape index (κ3) is 6.07. The minimum absolute atomic E-state index is 0.223. The highest BCUT2D eigenvalue weighted by atomic mass is 35.5. The van der Waals surface area contributed by atoms with Crippen LogP contribution in [-0.4, -0.2) is 34.2 Å². The first-order valence-corrected chi connectivity index (χ1v) is 11.0. The van der Waals surface area contributed by atoms with Gasteiger partial charge in [0.05, 0.1) is 39.1 Å². The Bertz CT molecular complexity index is 1250. The van der Waals surface area contributed by atoms with E-state index in [0.717, 1.165) is 11.1 Å². The Morgan fingerprint density at radius 3 is 2.03 bits per heavy atom. The molecular formula is C27H27ClN2O5. The van der Waals surface area contributed by atoms with E-state index in [0.29, 0.717) is 45.0 Å². The van der Waals surface area contributed by atoms with Gasteiger partial charge >= 0.3 is 0 Å². The average Bonchev–Trinajstić information content (AvgIpc) is 2.86. The van der Waals surface area contributed by atoms with Crippen LogP contribution >= 0.6 is 11.6 Å². The molecule has 0 heterocycles. The van der Waals surface area contributed by atoms with Crippen LogP contribution in [0.5, 0.6) is 23.0 Å². The van der Waals surface area contributed by atoms with Crippen molar-refractivity contribution in [1.29, 1.82) is 0 Å². The van der Waals surface area contributed by atoms with Crippen molar-refractivity contribution >= 4 is 40.9 Å². The smallest absolute Gasteiger partial charge is 0.203 e. The molecule has 0 saturated heterocycles. The molecule has 0 aliphatic carbocycles. The van der Waals surface area contributed by atoms with Gasteiger partial charge in [0, 0.05) is 23.5 Å². The van der Waals surface area contributed by atoms with Crippen molar-refractivity contribution in [2.24, 2.45) is 0 Å². The number of carbonyl (C=O) groups is 1. The maximum atomic E-state index is 12.4. The quantitative estimate of drug-likeness (QED) is 0.156. The topological polar surface area (TPSA) is 92.0 Å². The number of methoxy groups -OCH3 is 4. The van der Waals surface area contributed by atoms with Gasteiger partial charge in [-0.15, -0.1) is 0 Å². The van der Waals surface area contributed by atoms with E-state index in [-0.39, 0.29) is 5.78 Å². The Hall–Kier alpha value is -4.10. The Kier molecular flexibility index (Phi) is 8.64. The molecule has 0 bridgehead atoms. The van der Waals surface area contributed by atoms with Crippen molar-refractivity contribution in [2.45, 2.75) is 0 Å². The lowest BCUT2D eigenvalue weighted by atomic mass is 10.1. The van der Waals surface area contributed by atoms with Crippen LogP contribution in [-0.2, 0) is 0 Å². The second-order valence-corrected chi connectivity index (χ2v) is 7.71. The zero-order valence-corrected chi connectivity index (χ0v) is 20.7. The maximum absolute atomic E-state index is 12.4. The number of ether oxygens (including phenoxy) is 4. The summed E-state index contributed by atoms with van der Waals surface area (Å²) in [5.74, 6) is 1.85. The summed E-state index contributed by atoms with van der Waals surface area (Å²) in [5, 5.41) is 3.48. The molecule has 3 rings (SSSR count). The highest BCUT2D eigenvalue weighted by Crippen LogP contribution is 2.39. The molecule has 35 heavy (non-hydrogen) atoms. The highest BCUT2D eigenvalue weighted by Gasteiger charge is 2.13. The zero-order chi connectivity index (χ0) is 25.4. The van der Waals surface area contributed by atoms with Gasteiger partial charge in [0.25, 0.3) is 0 Å². The standard InChI is InChI=1S/C27H27ClN2O5/c1-32-24-15-18(16-25(33-2)27(24)35-4)10-9-17-13-20(28)26(34-3)22(14-17)30-12-11-23(31)19-7-5-6-8-21(19)29/h5-16,30H,29H2,1-4H3. The molecule has 182 valence electrons. The molecule has 8 heteroatoms. The number of hydrogen-bond acceptors (Lipinski definition) is 7. The first kappa shape index (κ1) is 25.5. The number of benzene rings is 3. The van der Waals surface area contributed by atoms with Crippen LogP contribution in [0.2, 0.25) is 5.02 Å². The molecule has 0 aliphatic rings. The van der Waals surface area contributed by atoms with Crippen LogP contribution in [0.4, 0.5) is 11.4 Å². The Morgan fingerprint density at radius 1 is 0.857 bits per heavy atom. The lowest BCUT2D eigenvalue weighted by Crippen LogP contribution is -2.01. The SMILES string of the molecule is COc1cc(C=Cc2cc(Cl)c(OC)c(NC=CC(=O)c3ccccc3N)c2)cc(OC)c1OC. The number of nitrogen functional groups attached to an aromatic ring is 1. The first-order chi connectivity index (χ1) is 16.9. The summed E-state index contributed by atoms with van der Waals surface area (Å²) < 4.78 is 21.6. The van der Waals surface area contributed by atoms with Gasteiger partial charge in [0.15, 0.2) is 23.0 Å². The largest absolute Gasteiger partial charge is 0.493 e. The highest BCUT2D eigenvalue weighted by molar-refractivity contribution is 6.32. The third-order valence-corrected chi connectivity index (χ3v) is 5.41. The number of nitrogens with one attached hydrogen (secondary N) is 1. The van der Waals surface area contributed by atoms with Crippen LogP contribution in [0, 0.1) is 0 Å². The van der Waals surface area contributed by atoms with Crippen molar-refractivity contribution in [3.63, 3.8) is 0 Å². The normalized spacial score (nSPS) is 11.0. The predicted molar refractivity (Wildman–Crippen MR) is 141 cm³/mol. The molecule has 0 aliphatic heterocycles. The van der Waals surface area contributed by atoms with Gasteiger partial charge in [-0.05, 0) is 47.5 Å². The Labute approximate surface area is 209 Å². The van der Waals surface area contributed by atoms with Crippen molar-refractivity contribution < 1.29 is 23.7 Å². The molecule has 7 nitrogen and oxygen atoms in total. The van der Waals surface area contributed by atoms with Crippen molar-refractivity contribution in [2.75, 3.05) is 39.5 Å². The van der Waals surface area contributed by atoms with Gasteiger partial charge in [-0.2, -0.15) is 0 Å². The second kappa shape index (κ2) is 11.9. The predicted octanol–water partition coefficient (Wildman–Crippen LogP) is 5.94. The van der Waals surface area contributed by atoms with Crippen molar-refractivity contribution in [3.05, 3.63) is 82.5 Å². The summed E-state index contributed by atoms with van der Waals surface area (Å²) in [7, 11) is 6.21. The van der Waals surface area contributed by atoms with Crippen LogP contribution in [0.25, 0.3) is 12.2 Å². The number of para-hydroxylation sites is 1. The van der Waals surface area contributed by atoms with Crippen LogP contribution in [0.15, 0.2) is 60.8 Å². The molecule has 3 aromatic rings.